The summed E-state index contributed by atoms with van der Waals surface area (Å²) in [4.78, 5) is 14.8. The Balaban J connectivity index is 1.85. The van der Waals surface area contributed by atoms with Crippen molar-refractivity contribution in [1.82, 2.24) is 4.90 Å². The number of hydrogen-bond donors (Lipinski definition) is 0. The summed E-state index contributed by atoms with van der Waals surface area (Å²) in [6.45, 7) is 1.29. The monoisotopic (exact) mass is 425 g/mol. The summed E-state index contributed by atoms with van der Waals surface area (Å²) >= 11 is 12.1. The van der Waals surface area contributed by atoms with Crippen LogP contribution in [0.3, 0.4) is 0 Å². The van der Waals surface area contributed by atoms with Crippen molar-refractivity contribution in [2.45, 2.75) is 6.10 Å². The Morgan fingerprint density at radius 3 is 2.29 bits per heavy atom. The Labute approximate surface area is 173 Å². The van der Waals surface area contributed by atoms with Gasteiger partial charge in [0.1, 0.15) is 6.10 Å². The number of ether oxygens (including phenoxy) is 4. The second-order valence-electron chi connectivity index (χ2n) is 6.20. The number of methoxy groups -OCH3 is 3. The Hall–Kier alpha value is -2.15. The Morgan fingerprint density at radius 2 is 1.71 bits per heavy atom. The van der Waals surface area contributed by atoms with Gasteiger partial charge in [-0.3, -0.25) is 4.79 Å². The molecule has 0 spiro atoms. The van der Waals surface area contributed by atoms with E-state index in [4.69, 9.17) is 42.1 Å². The number of rotatable bonds is 5. The highest BCUT2D eigenvalue weighted by atomic mass is 35.5. The molecule has 1 aliphatic heterocycles. The standard InChI is InChI=1S/C20H21Cl2NO5/c1-25-16-9-13(10-17(26-2)19(16)27-3)20(24)23-6-7-28-18(11-23)12-4-5-14(21)15(22)8-12/h4-5,8-10,18H,6-7,11H2,1-3H3/t18-/m0/s1. The average molecular weight is 426 g/mol. The minimum absolute atomic E-state index is 0.146. The number of carbonyl (C=O) groups is 1. The van der Waals surface area contributed by atoms with Gasteiger partial charge in [-0.15, -0.1) is 0 Å². The van der Waals surface area contributed by atoms with E-state index in [9.17, 15) is 4.79 Å². The zero-order valence-corrected chi connectivity index (χ0v) is 17.3. The van der Waals surface area contributed by atoms with E-state index in [1.165, 1.54) is 21.3 Å². The van der Waals surface area contributed by atoms with Crippen LogP contribution >= 0.6 is 23.2 Å². The molecule has 1 heterocycles. The molecule has 1 atom stereocenters. The van der Waals surface area contributed by atoms with Crippen LogP contribution in [0.25, 0.3) is 0 Å². The van der Waals surface area contributed by atoms with Gasteiger partial charge in [0, 0.05) is 12.1 Å². The average Bonchev–Trinajstić information content (AvgIpc) is 2.74. The van der Waals surface area contributed by atoms with Crippen molar-refractivity contribution >= 4 is 29.1 Å². The SMILES string of the molecule is COc1cc(C(=O)N2CCO[C@H](c3ccc(Cl)c(Cl)c3)C2)cc(OC)c1OC. The molecule has 0 N–H and O–H groups in total. The Bertz CT molecular complexity index is 849. The van der Waals surface area contributed by atoms with Crippen molar-refractivity contribution in [3.05, 3.63) is 51.5 Å². The van der Waals surface area contributed by atoms with Gasteiger partial charge >= 0.3 is 0 Å². The molecule has 8 heteroatoms. The van der Waals surface area contributed by atoms with Crippen LogP contribution in [0.1, 0.15) is 22.0 Å². The molecule has 1 aliphatic rings. The lowest BCUT2D eigenvalue weighted by molar-refractivity contribution is -0.0228. The molecule has 0 aromatic heterocycles. The van der Waals surface area contributed by atoms with Crippen LogP contribution in [0.5, 0.6) is 17.2 Å². The molecule has 1 fully saturated rings. The van der Waals surface area contributed by atoms with Gasteiger partial charge in [-0.05, 0) is 29.8 Å². The van der Waals surface area contributed by atoms with Crippen LogP contribution in [0.2, 0.25) is 10.0 Å². The van der Waals surface area contributed by atoms with Crippen LogP contribution in [-0.4, -0.2) is 51.8 Å². The smallest absolute Gasteiger partial charge is 0.254 e. The highest BCUT2D eigenvalue weighted by Gasteiger charge is 2.28. The number of morpholine rings is 1. The van der Waals surface area contributed by atoms with Crippen molar-refractivity contribution in [1.29, 1.82) is 0 Å². The van der Waals surface area contributed by atoms with Gasteiger partial charge in [0.25, 0.3) is 5.91 Å². The molecule has 150 valence electrons. The Kier molecular flexibility index (Phi) is 6.54. The highest BCUT2D eigenvalue weighted by Crippen LogP contribution is 2.39. The fraction of sp³-hybridized carbons (Fsp3) is 0.350. The molecule has 2 aromatic rings. The molecule has 0 radical (unpaired) electrons. The van der Waals surface area contributed by atoms with Crippen molar-refractivity contribution in [3.8, 4) is 17.2 Å². The molecular formula is C20H21Cl2NO5. The molecule has 1 amide bonds. The van der Waals surface area contributed by atoms with Crippen molar-refractivity contribution < 1.29 is 23.7 Å². The second-order valence-corrected chi connectivity index (χ2v) is 7.01. The van der Waals surface area contributed by atoms with Crippen molar-refractivity contribution in [2.24, 2.45) is 0 Å². The Morgan fingerprint density at radius 1 is 1.04 bits per heavy atom. The van der Waals surface area contributed by atoms with Gasteiger partial charge in [-0.2, -0.15) is 0 Å². The third-order valence-electron chi connectivity index (χ3n) is 4.58. The van der Waals surface area contributed by atoms with Crippen LogP contribution in [0, 0.1) is 0 Å². The fourth-order valence-electron chi connectivity index (χ4n) is 3.14. The van der Waals surface area contributed by atoms with Gasteiger partial charge in [0.05, 0.1) is 44.5 Å². The minimum atomic E-state index is -0.283. The van der Waals surface area contributed by atoms with Gasteiger partial charge in [0.2, 0.25) is 5.75 Å². The maximum absolute atomic E-state index is 13.1. The summed E-state index contributed by atoms with van der Waals surface area (Å²) in [7, 11) is 4.55. The summed E-state index contributed by atoms with van der Waals surface area (Å²) in [5.74, 6) is 1.16. The predicted octanol–water partition coefficient (Wildman–Crippen LogP) is 4.23. The minimum Gasteiger partial charge on any atom is -0.493 e. The first-order valence-electron chi connectivity index (χ1n) is 8.64. The van der Waals surface area contributed by atoms with Crippen molar-refractivity contribution in [3.63, 3.8) is 0 Å². The van der Waals surface area contributed by atoms with Crippen molar-refractivity contribution in [2.75, 3.05) is 41.0 Å². The summed E-state index contributed by atoms with van der Waals surface area (Å²) < 4.78 is 21.8. The van der Waals surface area contributed by atoms with E-state index in [-0.39, 0.29) is 12.0 Å². The molecule has 2 aromatic carbocycles. The molecule has 6 nitrogen and oxygen atoms in total. The van der Waals surface area contributed by atoms with E-state index in [1.807, 2.05) is 6.07 Å². The first-order chi connectivity index (χ1) is 13.5. The largest absolute Gasteiger partial charge is 0.493 e. The molecule has 1 saturated heterocycles. The maximum Gasteiger partial charge on any atom is 0.254 e. The van der Waals surface area contributed by atoms with E-state index in [1.54, 1.807) is 29.2 Å². The number of halogens is 2. The molecule has 0 aliphatic carbocycles. The second kappa shape index (κ2) is 8.90. The van der Waals surface area contributed by atoms with Gasteiger partial charge in [-0.25, -0.2) is 0 Å². The lowest BCUT2D eigenvalue weighted by atomic mass is 10.1. The van der Waals surface area contributed by atoms with Crippen LogP contribution in [0.4, 0.5) is 0 Å². The number of benzene rings is 2. The number of carbonyl (C=O) groups excluding carboxylic acids is 1. The summed E-state index contributed by atoms with van der Waals surface area (Å²) in [5, 5.41) is 0.933. The predicted molar refractivity (Wildman–Crippen MR) is 107 cm³/mol. The molecule has 0 unspecified atom stereocenters. The van der Waals surface area contributed by atoms with E-state index in [2.05, 4.69) is 0 Å². The van der Waals surface area contributed by atoms with E-state index < -0.39 is 0 Å². The third-order valence-corrected chi connectivity index (χ3v) is 5.32. The lowest BCUT2D eigenvalue weighted by Crippen LogP contribution is -2.42. The van der Waals surface area contributed by atoms with E-state index in [0.29, 0.717) is 52.6 Å². The maximum atomic E-state index is 13.1. The molecule has 0 bridgehead atoms. The molecule has 0 saturated carbocycles. The fourth-order valence-corrected chi connectivity index (χ4v) is 3.44. The molecule has 3 rings (SSSR count). The van der Waals surface area contributed by atoms with E-state index in [0.717, 1.165) is 5.56 Å². The zero-order chi connectivity index (χ0) is 20.3. The van der Waals surface area contributed by atoms with Crippen LogP contribution < -0.4 is 14.2 Å². The van der Waals surface area contributed by atoms with E-state index >= 15 is 0 Å². The number of amides is 1. The molecule has 28 heavy (non-hydrogen) atoms. The highest BCUT2D eigenvalue weighted by molar-refractivity contribution is 6.42. The van der Waals surface area contributed by atoms with Gasteiger partial charge in [-0.1, -0.05) is 29.3 Å². The zero-order valence-electron chi connectivity index (χ0n) is 15.8. The lowest BCUT2D eigenvalue weighted by Gasteiger charge is -2.33. The normalized spacial score (nSPS) is 16.6. The van der Waals surface area contributed by atoms with Crippen LogP contribution in [-0.2, 0) is 4.74 Å². The first kappa shape index (κ1) is 20.6. The van der Waals surface area contributed by atoms with Crippen LogP contribution in [0.15, 0.2) is 30.3 Å². The number of nitrogens with zero attached hydrogens (tertiary/aromatic N) is 1. The summed E-state index contributed by atoms with van der Waals surface area (Å²) in [6.07, 6.45) is -0.283. The molecular weight excluding hydrogens is 405 g/mol. The first-order valence-corrected chi connectivity index (χ1v) is 9.40. The summed E-state index contributed by atoms with van der Waals surface area (Å²) in [6, 6.07) is 8.64. The number of hydrogen-bond acceptors (Lipinski definition) is 5. The third kappa shape index (κ3) is 4.14. The summed E-state index contributed by atoms with van der Waals surface area (Å²) in [5.41, 5.74) is 1.32. The van der Waals surface area contributed by atoms with Gasteiger partial charge in [0.15, 0.2) is 11.5 Å². The van der Waals surface area contributed by atoms with Gasteiger partial charge < -0.3 is 23.8 Å². The quantitative estimate of drug-likeness (QED) is 0.716. The topological polar surface area (TPSA) is 57.2 Å².